The zero-order valence-corrected chi connectivity index (χ0v) is 17.2. The number of rotatable bonds is 6. The molecule has 2 N–H and O–H groups in total. The summed E-state index contributed by atoms with van der Waals surface area (Å²) in [4.78, 5) is 14.8. The number of aromatic nitrogens is 4. The molecule has 10 heteroatoms. The summed E-state index contributed by atoms with van der Waals surface area (Å²) in [7, 11) is 1.83. The van der Waals surface area contributed by atoms with Crippen molar-refractivity contribution in [3.63, 3.8) is 0 Å². The highest BCUT2D eigenvalue weighted by Crippen LogP contribution is 2.21. The smallest absolute Gasteiger partial charge is 0.280 e. The van der Waals surface area contributed by atoms with Gasteiger partial charge in [-0.2, -0.15) is 13.4 Å². The Morgan fingerprint density at radius 3 is 2.21 bits per heavy atom. The van der Waals surface area contributed by atoms with Crippen molar-refractivity contribution < 1.29 is 8.42 Å². The van der Waals surface area contributed by atoms with E-state index in [-0.39, 0.29) is 5.03 Å². The van der Waals surface area contributed by atoms with Gasteiger partial charge >= 0.3 is 0 Å². The van der Waals surface area contributed by atoms with Crippen molar-refractivity contribution in [2.24, 2.45) is 7.05 Å². The number of nitrogens with zero attached hydrogens (tertiary/aromatic N) is 5. The molecule has 0 radical (unpaired) electrons. The van der Waals surface area contributed by atoms with Gasteiger partial charge in [-0.15, -0.1) is 0 Å². The molecule has 1 aromatic carbocycles. The van der Waals surface area contributed by atoms with Gasteiger partial charge in [0.15, 0.2) is 5.03 Å². The first-order valence-electron chi connectivity index (χ1n) is 8.57. The van der Waals surface area contributed by atoms with Crippen LogP contribution in [-0.4, -0.2) is 42.0 Å². The minimum Gasteiger partial charge on any atom is -0.363 e. The molecule has 0 atom stereocenters. The fraction of sp³-hybridized carbons (Fsp3) is 0.278. The highest BCUT2D eigenvalue weighted by atomic mass is 32.2. The molecule has 2 aromatic heterocycles. The van der Waals surface area contributed by atoms with Gasteiger partial charge in [-0.3, -0.25) is 4.72 Å². The van der Waals surface area contributed by atoms with Gasteiger partial charge in [0.1, 0.15) is 11.6 Å². The second-order valence-electron chi connectivity index (χ2n) is 6.63. The van der Waals surface area contributed by atoms with Gasteiger partial charge in [0.05, 0.1) is 0 Å². The zero-order valence-electron chi connectivity index (χ0n) is 16.4. The summed E-state index contributed by atoms with van der Waals surface area (Å²) in [6, 6.07) is 8.73. The molecule has 0 aliphatic carbocycles. The van der Waals surface area contributed by atoms with E-state index in [1.807, 2.05) is 32.0 Å². The Balaban J connectivity index is 1.75. The number of nitrogens with one attached hydrogen (secondary N) is 2. The maximum absolute atomic E-state index is 12.5. The Bertz CT molecular complexity index is 1070. The summed E-state index contributed by atoms with van der Waals surface area (Å²) in [5.41, 5.74) is 2.02. The quantitative estimate of drug-likeness (QED) is 0.653. The molecule has 0 saturated heterocycles. The summed E-state index contributed by atoms with van der Waals surface area (Å²) in [6.45, 7) is 3.64. The molecule has 9 nitrogen and oxygen atoms in total. The molecule has 28 heavy (non-hydrogen) atoms. The number of hydrogen-bond acceptors (Lipinski definition) is 7. The van der Waals surface area contributed by atoms with Crippen LogP contribution in [-0.2, 0) is 17.1 Å². The second kappa shape index (κ2) is 7.47. The lowest BCUT2D eigenvalue weighted by atomic mass is 10.3. The van der Waals surface area contributed by atoms with Crippen LogP contribution in [0.3, 0.4) is 0 Å². The van der Waals surface area contributed by atoms with Crippen LogP contribution in [0.15, 0.2) is 41.6 Å². The second-order valence-corrected chi connectivity index (χ2v) is 8.26. The van der Waals surface area contributed by atoms with Crippen molar-refractivity contribution in [1.82, 2.24) is 19.5 Å². The Morgan fingerprint density at radius 1 is 1.00 bits per heavy atom. The maximum Gasteiger partial charge on any atom is 0.280 e. The molecule has 148 valence electrons. The zero-order chi connectivity index (χ0) is 20.5. The number of sulfonamides is 1. The van der Waals surface area contributed by atoms with E-state index in [1.165, 1.54) is 6.20 Å². The van der Waals surface area contributed by atoms with Gasteiger partial charge in [-0.1, -0.05) is 0 Å². The molecule has 3 aromatic rings. The standard InChI is InChI=1S/C18H23N7O2S/c1-12-10-16(24(3)4)22-18(19-12)21-14-6-8-15(9-7-14)23-28(26,27)17-11-25(5)13(2)20-17/h6-11,23H,1-5H3,(H,19,21,22). The minimum atomic E-state index is -3.74. The van der Waals surface area contributed by atoms with E-state index in [1.54, 1.807) is 42.8 Å². The Hall–Kier alpha value is -3.14. The van der Waals surface area contributed by atoms with Crippen molar-refractivity contribution in [3.8, 4) is 0 Å². The largest absolute Gasteiger partial charge is 0.363 e. The van der Waals surface area contributed by atoms with Gasteiger partial charge in [0.2, 0.25) is 5.95 Å². The van der Waals surface area contributed by atoms with Crippen molar-refractivity contribution in [3.05, 3.63) is 48.0 Å². The first-order chi connectivity index (χ1) is 13.1. The number of benzene rings is 1. The molecule has 2 heterocycles. The van der Waals surface area contributed by atoms with Crippen molar-refractivity contribution in [1.29, 1.82) is 0 Å². The Morgan fingerprint density at radius 2 is 1.64 bits per heavy atom. The lowest BCUT2D eigenvalue weighted by Crippen LogP contribution is -2.13. The number of hydrogen-bond donors (Lipinski definition) is 2. The van der Waals surface area contributed by atoms with Crippen LogP contribution in [0.4, 0.5) is 23.1 Å². The highest BCUT2D eigenvalue weighted by molar-refractivity contribution is 7.92. The first kappa shape index (κ1) is 19.6. The summed E-state index contributed by atoms with van der Waals surface area (Å²) in [6.07, 6.45) is 1.48. The van der Waals surface area contributed by atoms with Gasteiger partial charge in [0, 0.05) is 50.5 Å². The molecule has 0 aliphatic heterocycles. The Kier molecular flexibility index (Phi) is 5.23. The minimum absolute atomic E-state index is 0.0147. The number of imidazole rings is 1. The molecular formula is C18H23N7O2S. The molecule has 0 fully saturated rings. The van der Waals surface area contributed by atoms with Crippen molar-refractivity contribution in [2.45, 2.75) is 18.9 Å². The average molecular weight is 401 g/mol. The van der Waals surface area contributed by atoms with Crippen molar-refractivity contribution in [2.75, 3.05) is 29.0 Å². The lowest BCUT2D eigenvalue weighted by Gasteiger charge is -2.14. The molecule has 3 rings (SSSR count). The molecule has 0 bridgehead atoms. The fourth-order valence-corrected chi connectivity index (χ4v) is 3.55. The maximum atomic E-state index is 12.5. The molecule has 0 unspecified atom stereocenters. The third-order valence-electron chi connectivity index (χ3n) is 4.05. The molecule has 0 saturated carbocycles. The van der Waals surface area contributed by atoms with Gasteiger partial charge in [0.25, 0.3) is 10.0 Å². The van der Waals surface area contributed by atoms with Gasteiger partial charge < -0.3 is 14.8 Å². The van der Waals surface area contributed by atoms with Crippen LogP contribution in [0.25, 0.3) is 0 Å². The third kappa shape index (κ3) is 4.39. The van der Waals surface area contributed by atoms with E-state index in [4.69, 9.17) is 0 Å². The van der Waals surface area contributed by atoms with Crippen LogP contribution in [0.2, 0.25) is 0 Å². The van der Waals surface area contributed by atoms with E-state index < -0.39 is 10.0 Å². The van der Waals surface area contributed by atoms with Gasteiger partial charge in [-0.05, 0) is 38.1 Å². The summed E-state index contributed by atoms with van der Waals surface area (Å²) in [5.74, 6) is 1.89. The van der Waals surface area contributed by atoms with E-state index in [0.29, 0.717) is 17.5 Å². The van der Waals surface area contributed by atoms with Crippen molar-refractivity contribution >= 4 is 33.2 Å². The molecule has 0 aliphatic rings. The topological polar surface area (TPSA) is 105 Å². The van der Waals surface area contributed by atoms with Crippen LogP contribution < -0.4 is 14.9 Å². The van der Waals surface area contributed by atoms with Crippen LogP contribution in [0.1, 0.15) is 11.5 Å². The number of anilines is 4. The average Bonchev–Trinajstić information content (AvgIpc) is 2.96. The molecule has 0 spiro atoms. The Labute approximate surface area is 164 Å². The lowest BCUT2D eigenvalue weighted by molar-refractivity contribution is 0.598. The SMILES string of the molecule is Cc1cc(N(C)C)nc(Nc2ccc(NS(=O)(=O)c3cn(C)c(C)n3)cc2)n1. The summed E-state index contributed by atoms with van der Waals surface area (Å²) in [5, 5.41) is 3.12. The predicted octanol–water partition coefficient (Wildman–Crippen LogP) is 2.44. The van der Waals surface area contributed by atoms with Crippen LogP contribution in [0.5, 0.6) is 0 Å². The number of aryl methyl sites for hydroxylation is 3. The van der Waals surface area contributed by atoms with E-state index in [2.05, 4.69) is 25.0 Å². The normalized spacial score (nSPS) is 11.3. The monoisotopic (exact) mass is 401 g/mol. The fourth-order valence-electron chi connectivity index (χ4n) is 2.45. The summed E-state index contributed by atoms with van der Waals surface area (Å²) >= 11 is 0. The van der Waals surface area contributed by atoms with Crippen LogP contribution >= 0.6 is 0 Å². The first-order valence-corrected chi connectivity index (χ1v) is 10.1. The van der Waals surface area contributed by atoms with E-state index >= 15 is 0 Å². The van der Waals surface area contributed by atoms with E-state index in [9.17, 15) is 8.42 Å². The van der Waals surface area contributed by atoms with E-state index in [0.717, 1.165) is 17.2 Å². The predicted molar refractivity (Wildman–Crippen MR) is 110 cm³/mol. The van der Waals surface area contributed by atoms with Crippen LogP contribution in [0, 0.1) is 13.8 Å². The third-order valence-corrected chi connectivity index (χ3v) is 5.31. The highest BCUT2D eigenvalue weighted by Gasteiger charge is 2.18. The molecule has 0 amide bonds. The summed E-state index contributed by atoms with van der Waals surface area (Å²) < 4.78 is 29.1. The van der Waals surface area contributed by atoms with Gasteiger partial charge in [-0.25, -0.2) is 9.97 Å². The molecular weight excluding hydrogens is 378 g/mol.